The van der Waals surface area contributed by atoms with Crippen LogP contribution >= 0.6 is 0 Å². The molecule has 0 spiro atoms. The number of allylic oxidation sites excluding steroid dienone is 3. The molecule has 0 N–H and O–H groups in total. The number of para-hydroxylation sites is 1. The number of nitrogens with zero attached hydrogens (tertiary/aromatic N) is 1. The predicted octanol–water partition coefficient (Wildman–Crippen LogP) is 3.62. The average Bonchev–Trinajstić information content (AvgIpc) is 2.94. The van der Waals surface area contributed by atoms with Crippen molar-refractivity contribution in [3.05, 3.63) is 54.1 Å². The standard InChI is InChI=1S/C16H21NO/c1-3-17(4-2)16(14-10-8-9-11-14)18-15-12-6-5-7-13-15/h5-10,12-13,16H,3-4,11H2,1-2H3/t16-/m0/s1. The fourth-order valence-corrected chi connectivity index (χ4v) is 2.21. The van der Waals surface area contributed by atoms with Gasteiger partial charge in [-0.2, -0.15) is 0 Å². The quantitative estimate of drug-likeness (QED) is 0.708. The molecule has 0 radical (unpaired) electrons. The molecule has 1 aromatic carbocycles. The fraction of sp³-hybridized carbons (Fsp3) is 0.375. The monoisotopic (exact) mass is 243 g/mol. The van der Waals surface area contributed by atoms with Crippen LogP contribution < -0.4 is 4.74 Å². The third-order valence-corrected chi connectivity index (χ3v) is 3.25. The zero-order valence-corrected chi connectivity index (χ0v) is 11.2. The van der Waals surface area contributed by atoms with Crippen molar-refractivity contribution in [2.75, 3.05) is 13.1 Å². The molecule has 18 heavy (non-hydrogen) atoms. The minimum atomic E-state index is 0.0531. The van der Waals surface area contributed by atoms with Crippen LogP contribution in [0.5, 0.6) is 5.75 Å². The Labute approximate surface area is 110 Å². The zero-order valence-electron chi connectivity index (χ0n) is 11.2. The van der Waals surface area contributed by atoms with Crippen molar-refractivity contribution < 1.29 is 4.74 Å². The molecule has 0 saturated carbocycles. The maximum atomic E-state index is 6.16. The second kappa shape index (κ2) is 6.41. The van der Waals surface area contributed by atoms with Crippen molar-refractivity contribution in [2.45, 2.75) is 26.5 Å². The summed E-state index contributed by atoms with van der Waals surface area (Å²) in [5, 5.41) is 0. The smallest absolute Gasteiger partial charge is 0.175 e. The van der Waals surface area contributed by atoms with Gasteiger partial charge in [0.05, 0.1) is 0 Å². The first-order valence-corrected chi connectivity index (χ1v) is 6.66. The molecule has 0 amide bonds. The number of likely N-dealkylation sites (N-methyl/N-ethyl adjacent to an activating group) is 1. The van der Waals surface area contributed by atoms with Gasteiger partial charge in [0.1, 0.15) is 5.75 Å². The summed E-state index contributed by atoms with van der Waals surface area (Å²) >= 11 is 0. The molecule has 1 atom stereocenters. The van der Waals surface area contributed by atoms with Gasteiger partial charge in [0.15, 0.2) is 6.23 Å². The molecule has 2 rings (SSSR count). The van der Waals surface area contributed by atoms with E-state index in [1.165, 1.54) is 5.57 Å². The maximum Gasteiger partial charge on any atom is 0.175 e. The number of ether oxygens (including phenoxy) is 1. The normalized spacial score (nSPS) is 15.8. The van der Waals surface area contributed by atoms with Gasteiger partial charge in [0.25, 0.3) is 0 Å². The lowest BCUT2D eigenvalue weighted by molar-refractivity contribution is 0.0607. The van der Waals surface area contributed by atoms with Gasteiger partial charge < -0.3 is 4.74 Å². The molecular weight excluding hydrogens is 222 g/mol. The Bertz CT molecular complexity index is 418. The van der Waals surface area contributed by atoms with Gasteiger partial charge in [-0.15, -0.1) is 0 Å². The lowest BCUT2D eigenvalue weighted by Gasteiger charge is -2.31. The summed E-state index contributed by atoms with van der Waals surface area (Å²) in [5.41, 5.74) is 1.34. The van der Waals surface area contributed by atoms with Crippen LogP contribution in [0.15, 0.2) is 54.1 Å². The van der Waals surface area contributed by atoms with Crippen LogP contribution in [-0.4, -0.2) is 24.2 Å². The van der Waals surface area contributed by atoms with Gasteiger partial charge in [-0.1, -0.05) is 50.3 Å². The second-order valence-electron chi connectivity index (χ2n) is 4.38. The molecule has 0 unspecified atom stereocenters. The summed E-state index contributed by atoms with van der Waals surface area (Å²) in [6, 6.07) is 10.1. The summed E-state index contributed by atoms with van der Waals surface area (Å²) in [6.45, 7) is 6.33. The minimum absolute atomic E-state index is 0.0531. The fourth-order valence-electron chi connectivity index (χ4n) is 2.21. The summed E-state index contributed by atoms with van der Waals surface area (Å²) in [4.78, 5) is 2.34. The van der Waals surface area contributed by atoms with Crippen molar-refractivity contribution >= 4 is 0 Å². The first-order valence-electron chi connectivity index (χ1n) is 6.66. The van der Waals surface area contributed by atoms with E-state index in [4.69, 9.17) is 4.74 Å². The molecule has 1 aliphatic carbocycles. The molecule has 0 bridgehead atoms. The molecule has 2 nitrogen and oxygen atoms in total. The minimum Gasteiger partial charge on any atom is -0.471 e. The maximum absolute atomic E-state index is 6.16. The Morgan fingerprint density at radius 3 is 2.44 bits per heavy atom. The van der Waals surface area contributed by atoms with Crippen LogP contribution in [0.3, 0.4) is 0 Å². The molecular formula is C16H21NO. The SMILES string of the molecule is CCN(CC)[C@@H](Oc1ccccc1)C1=CC=CC1. The second-order valence-corrected chi connectivity index (χ2v) is 4.38. The van der Waals surface area contributed by atoms with E-state index in [1.807, 2.05) is 30.3 Å². The van der Waals surface area contributed by atoms with Crippen molar-refractivity contribution in [3.63, 3.8) is 0 Å². The highest BCUT2D eigenvalue weighted by atomic mass is 16.5. The molecule has 0 saturated heterocycles. The van der Waals surface area contributed by atoms with Crippen LogP contribution in [0.25, 0.3) is 0 Å². The zero-order chi connectivity index (χ0) is 12.8. The van der Waals surface area contributed by atoms with Gasteiger partial charge in [-0.3, -0.25) is 4.90 Å². The van der Waals surface area contributed by atoms with E-state index in [2.05, 4.69) is 37.0 Å². The Kier molecular flexibility index (Phi) is 4.59. The van der Waals surface area contributed by atoms with Gasteiger partial charge in [0, 0.05) is 0 Å². The molecule has 1 aliphatic rings. The van der Waals surface area contributed by atoms with Crippen molar-refractivity contribution in [1.29, 1.82) is 0 Å². The number of hydrogen-bond acceptors (Lipinski definition) is 2. The van der Waals surface area contributed by atoms with Gasteiger partial charge in [0.2, 0.25) is 0 Å². The van der Waals surface area contributed by atoms with E-state index in [-0.39, 0.29) is 6.23 Å². The van der Waals surface area contributed by atoms with Gasteiger partial charge in [-0.25, -0.2) is 0 Å². The van der Waals surface area contributed by atoms with Crippen LogP contribution in [0.4, 0.5) is 0 Å². The molecule has 2 heteroatoms. The topological polar surface area (TPSA) is 12.5 Å². The van der Waals surface area contributed by atoms with E-state index in [9.17, 15) is 0 Å². The Hall–Kier alpha value is -1.54. The first kappa shape index (κ1) is 12.9. The molecule has 0 heterocycles. The first-order chi connectivity index (χ1) is 8.85. The average molecular weight is 243 g/mol. The van der Waals surface area contributed by atoms with E-state index in [0.717, 1.165) is 25.3 Å². The highest BCUT2D eigenvalue weighted by Gasteiger charge is 2.22. The van der Waals surface area contributed by atoms with E-state index in [0.29, 0.717) is 0 Å². The van der Waals surface area contributed by atoms with Crippen molar-refractivity contribution in [3.8, 4) is 5.75 Å². The Balaban J connectivity index is 2.14. The van der Waals surface area contributed by atoms with Crippen LogP contribution in [0.2, 0.25) is 0 Å². The van der Waals surface area contributed by atoms with Gasteiger partial charge >= 0.3 is 0 Å². The Morgan fingerprint density at radius 1 is 1.17 bits per heavy atom. The predicted molar refractivity (Wildman–Crippen MR) is 75.6 cm³/mol. The lowest BCUT2D eigenvalue weighted by atomic mass is 10.2. The molecule has 96 valence electrons. The summed E-state index contributed by atoms with van der Waals surface area (Å²) < 4.78 is 6.16. The third kappa shape index (κ3) is 3.02. The Morgan fingerprint density at radius 2 is 1.89 bits per heavy atom. The summed E-state index contributed by atoms with van der Waals surface area (Å²) in [6.07, 6.45) is 7.51. The lowest BCUT2D eigenvalue weighted by Crippen LogP contribution is -2.40. The van der Waals surface area contributed by atoms with Crippen molar-refractivity contribution in [2.24, 2.45) is 0 Å². The molecule has 0 fully saturated rings. The summed E-state index contributed by atoms with van der Waals surface area (Å²) in [5.74, 6) is 0.933. The largest absolute Gasteiger partial charge is 0.471 e. The number of benzene rings is 1. The van der Waals surface area contributed by atoms with Crippen LogP contribution in [0.1, 0.15) is 20.3 Å². The van der Waals surface area contributed by atoms with E-state index in [1.54, 1.807) is 0 Å². The van der Waals surface area contributed by atoms with Crippen LogP contribution in [0, 0.1) is 0 Å². The third-order valence-electron chi connectivity index (χ3n) is 3.25. The molecule has 0 aromatic heterocycles. The summed E-state index contributed by atoms with van der Waals surface area (Å²) in [7, 11) is 0. The molecule has 0 aliphatic heterocycles. The highest BCUT2D eigenvalue weighted by molar-refractivity contribution is 5.28. The van der Waals surface area contributed by atoms with Crippen molar-refractivity contribution in [1.82, 2.24) is 4.90 Å². The van der Waals surface area contributed by atoms with E-state index < -0.39 is 0 Å². The number of hydrogen-bond donors (Lipinski definition) is 0. The van der Waals surface area contributed by atoms with E-state index >= 15 is 0 Å². The number of rotatable bonds is 6. The highest BCUT2D eigenvalue weighted by Crippen LogP contribution is 2.23. The van der Waals surface area contributed by atoms with Crippen LogP contribution in [-0.2, 0) is 0 Å². The molecule has 1 aromatic rings. The van der Waals surface area contributed by atoms with Gasteiger partial charge in [-0.05, 0) is 37.2 Å².